The number of methoxy groups -OCH3 is 1. The number of likely N-dealkylation sites (tertiary alicyclic amines) is 1. The lowest BCUT2D eigenvalue weighted by Crippen LogP contribution is -2.49. The number of para-hydroxylation sites is 1. The van der Waals surface area contributed by atoms with Crippen LogP contribution in [-0.4, -0.2) is 50.6 Å². The predicted octanol–water partition coefficient (Wildman–Crippen LogP) is 2.43. The molecule has 1 unspecified atom stereocenters. The second kappa shape index (κ2) is 9.62. The first kappa shape index (κ1) is 23.4. The molecule has 2 aromatic heterocycles. The maximum absolute atomic E-state index is 13.6. The summed E-state index contributed by atoms with van der Waals surface area (Å²) in [6, 6.07) is 10.3. The fourth-order valence-corrected chi connectivity index (χ4v) is 4.66. The van der Waals surface area contributed by atoms with E-state index in [4.69, 9.17) is 4.74 Å². The van der Waals surface area contributed by atoms with Crippen molar-refractivity contribution in [2.24, 2.45) is 0 Å². The number of amides is 1. The molecule has 1 aliphatic rings. The molecule has 0 aliphatic carbocycles. The molecule has 0 N–H and O–H groups in total. The van der Waals surface area contributed by atoms with Crippen molar-refractivity contribution in [3.63, 3.8) is 0 Å². The molecule has 3 aromatic rings. The van der Waals surface area contributed by atoms with Gasteiger partial charge in [0.05, 0.1) is 23.7 Å². The minimum Gasteiger partial charge on any atom is -0.465 e. The van der Waals surface area contributed by atoms with Crippen molar-refractivity contribution in [2.75, 3.05) is 13.7 Å². The minimum atomic E-state index is -0.738. The number of carbonyl (C=O) groups is 2. The van der Waals surface area contributed by atoms with Crippen molar-refractivity contribution in [1.82, 2.24) is 19.0 Å². The van der Waals surface area contributed by atoms with E-state index < -0.39 is 23.8 Å². The number of hydrogen-bond acceptors (Lipinski definition) is 6. The maximum atomic E-state index is 13.6. The van der Waals surface area contributed by atoms with Crippen LogP contribution in [0, 0.1) is 6.92 Å². The molecule has 1 aromatic carbocycles. The number of nitrogens with zero attached hydrogens (tertiary/aromatic N) is 4. The summed E-state index contributed by atoms with van der Waals surface area (Å²) in [6.07, 6.45) is 3.65. The SMILES string of the molecule is CCC1CCCCN1C(=O)Cn1c(=O)c2c(C(=O)OC)cc(C)nc2n(-c2ccccc2)c1=O. The summed E-state index contributed by atoms with van der Waals surface area (Å²) in [4.78, 5) is 59.2. The third-order valence-electron chi connectivity index (χ3n) is 6.35. The van der Waals surface area contributed by atoms with Crippen LogP contribution in [0.5, 0.6) is 0 Å². The van der Waals surface area contributed by atoms with E-state index in [0.717, 1.165) is 30.3 Å². The van der Waals surface area contributed by atoms with Crippen LogP contribution in [0.2, 0.25) is 0 Å². The molecule has 0 saturated carbocycles. The van der Waals surface area contributed by atoms with E-state index in [2.05, 4.69) is 4.98 Å². The van der Waals surface area contributed by atoms with Crippen LogP contribution in [0.15, 0.2) is 46.0 Å². The fourth-order valence-electron chi connectivity index (χ4n) is 4.66. The molecule has 1 fully saturated rings. The van der Waals surface area contributed by atoms with Crippen LogP contribution in [0.4, 0.5) is 0 Å². The first-order valence-electron chi connectivity index (χ1n) is 11.5. The molecule has 9 heteroatoms. The summed E-state index contributed by atoms with van der Waals surface area (Å²) in [6.45, 7) is 3.88. The van der Waals surface area contributed by atoms with Gasteiger partial charge in [0.1, 0.15) is 6.54 Å². The van der Waals surface area contributed by atoms with E-state index in [1.54, 1.807) is 42.2 Å². The van der Waals surface area contributed by atoms with Crippen molar-refractivity contribution in [3.8, 4) is 5.69 Å². The van der Waals surface area contributed by atoms with Crippen LogP contribution in [0.1, 0.15) is 48.7 Å². The molecule has 0 radical (unpaired) electrons. The van der Waals surface area contributed by atoms with E-state index in [9.17, 15) is 19.2 Å². The van der Waals surface area contributed by atoms with Crippen molar-refractivity contribution in [1.29, 1.82) is 0 Å². The Kier molecular flexibility index (Phi) is 6.63. The molecular weight excluding hydrogens is 436 g/mol. The fraction of sp³-hybridized carbons (Fsp3) is 0.400. The summed E-state index contributed by atoms with van der Waals surface area (Å²) in [7, 11) is 1.22. The van der Waals surface area contributed by atoms with E-state index in [1.165, 1.54) is 17.7 Å². The summed E-state index contributed by atoms with van der Waals surface area (Å²) in [5.74, 6) is -1.00. The Labute approximate surface area is 196 Å². The highest BCUT2D eigenvalue weighted by Crippen LogP contribution is 2.21. The second-order valence-corrected chi connectivity index (χ2v) is 8.49. The number of esters is 1. The average molecular weight is 465 g/mol. The smallest absolute Gasteiger partial charge is 0.338 e. The molecule has 0 spiro atoms. The van der Waals surface area contributed by atoms with Gasteiger partial charge >= 0.3 is 11.7 Å². The predicted molar refractivity (Wildman–Crippen MR) is 127 cm³/mol. The Hall–Kier alpha value is -3.75. The molecule has 0 bridgehead atoms. The summed E-state index contributed by atoms with van der Waals surface area (Å²) >= 11 is 0. The van der Waals surface area contributed by atoms with Gasteiger partial charge in [0.2, 0.25) is 5.91 Å². The zero-order chi connectivity index (χ0) is 24.4. The van der Waals surface area contributed by atoms with Crippen molar-refractivity contribution < 1.29 is 14.3 Å². The largest absolute Gasteiger partial charge is 0.465 e. The molecule has 178 valence electrons. The summed E-state index contributed by atoms with van der Waals surface area (Å²) < 4.78 is 7.08. The van der Waals surface area contributed by atoms with E-state index >= 15 is 0 Å². The number of aromatic nitrogens is 3. The van der Waals surface area contributed by atoms with Gasteiger partial charge in [-0.3, -0.25) is 9.59 Å². The van der Waals surface area contributed by atoms with Gasteiger partial charge in [-0.15, -0.1) is 0 Å². The summed E-state index contributed by atoms with van der Waals surface area (Å²) in [5.41, 5.74) is -0.448. The number of ether oxygens (including phenoxy) is 1. The van der Waals surface area contributed by atoms with Gasteiger partial charge in [-0.25, -0.2) is 23.7 Å². The van der Waals surface area contributed by atoms with Crippen LogP contribution in [-0.2, 0) is 16.1 Å². The zero-order valence-corrected chi connectivity index (χ0v) is 19.6. The normalized spacial score (nSPS) is 16.0. The van der Waals surface area contributed by atoms with Crippen LogP contribution in [0.3, 0.4) is 0 Å². The number of benzene rings is 1. The minimum absolute atomic E-state index is 0.00490. The van der Waals surface area contributed by atoms with E-state index in [-0.39, 0.29) is 28.5 Å². The Morgan fingerprint density at radius 1 is 1.15 bits per heavy atom. The van der Waals surface area contributed by atoms with Crippen LogP contribution in [0.25, 0.3) is 16.7 Å². The van der Waals surface area contributed by atoms with Crippen LogP contribution < -0.4 is 11.2 Å². The highest BCUT2D eigenvalue weighted by atomic mass is 16.5. The van der Waals surface area contributed by atoms with Gasteiger partial charge in [0.15, 0.2) is 5.65 Å². The van der Waals surface area contributed by atoms with Gasteiger partial charge < -0.3 is 9.64 Å². The Balaban J connectivity index is 1.98. The third kappa shape index (κ3) is 4.13. The topological polar surface area (TPSA) is 104 Å². The van der Waals surface area contributed by atoms with Gasteiger partial charge in [0.25, 0.3) is 5.56 Å². The third-order valence-corrected chi connectivity index (χ3v) is 6.35. The Bertz CT molecular complexity index is 1360. The quantitative estimate of drug-likeness (QED) is 0.538. The highest BCUT2D eigenvalue weighted by molar-refractivity contribution is 6.02. The first-order valence-corrected chi connectivity index (χ1v) is 11.5. The number of piperidine rings is 1. The van der Waals surface area contributed by atoms with Crippen molar-refractivity contribution in [3.05, 3.63) is 68.5 Å². The lowest BCUT2D eigenvalue weighted by atomic mass is 10.00. The van der Waals surface area contributed by atoms with Gasteiger partial charge in [0, 0.05) is 18.3 Å². The standard InChI is InChI=1S/C25H28N4O5/c1-4-17-10-8-9-13-27(17)20(30)15-28-23(31)21-19(24(32)34-3)14-16(2)26-22(21)29(25(28)33)18-11-6-5-7-12-18/h5-7,11-12,14,17H,4,8-10,13,15H2,1-3H3. The number of pyridine rings is 1. The molecule has 34 heavy (non-hydrogen) atoms. The molecule has 9 nitrogen and oxygen atoms in total. The molecule has 1 saturated heterocycles. The molecule has 1 aliphatic heterocycles. The van der Waals surface area contributed by atoms with Gasteiger partial charge in [-0.1, -0.05) is 25.1 Å². The second-order valence-electron chi connectivity index (χ2n) is 8.49. The number of hydrogen-bond donors (Lipinski definition) is 0. The lowest BCUT2D eigenvalue weighted by molar-refractivity contribution is -0.135. The zero-order valence-electron chi connectivity index (χ0n) is 19.6. The van der Waals surface area contributed by atoms with Crippen molar-refractivity contribution in [2.45, 2.75) is 52.1 Å². The number of aryl methyl sites for hydroxylation is 1. The van der Waals surface area contributed by atoms with E-state index in [0.29, 0.717) is 17.9 Å². The maximum Gasteiger partial charge on any atom is 0.338 e. The van der Waals surface area contributed by atoms with Crippen molar-refractivity contribution >= 4 is 22.9 Å². The lowest BCUT2D eigenvalue weighted by Gasteiger charge is -2.35. The first-order chi connectivity index (χ1) is 16.4. The number of carbonyl (C=O) groups excluding carboxylic acids is 2. The highest BCUT2D eigenvalue weighted by Gasteiger charge is 2.28. The van der Waals surface area contributed by atoms with Gasteiger partial charge in [-0.2, -0.15) is 0 Å². The van der Waals surface area contributed by atoms with Gasteiger partial charge in [-0.05, 0) is 50.8 Å². The molecule has 3 heterocycles. The average Bonchev–Trinajstić information content (AvgIpc) is 2.86. The Morgan fingerprint density at radius 2 is 1.88 bits per heavy atom. The van der Waals surface area contributed by atoms with E-state index in [1.807, 2.05) is 6.92 Å². The Morgan fingerprint density at radius 3 is 2.56 bits per heavy atom. The molecule has 1 atom stereocenters. The number of rotatable bonds is 5. The summed E-state index contributed by atoms with van der Waals surface area (Å²) in [5, 5.41) is -0.0561. The monoisotopic (exact) mass is 464 g/mol. The number of fused-ring (bicyclic) bond motifs is 1. The molecular formula is C25H28N4O5. The van der Waals surface area contributed by atoms with Crippen LogP contribution >= 0.6 is 0 Å². The molecule has 4 rings (SSSR count). The molecule has 1 amide bonds.